The zero-order valence-corrected chi connectivity index (χ0v) is 12.9. The first kappa shape index (κ1) is 17.6. The van der Waals surface area contributed by atoms with Gasteiger partial charge in [-0.2, -0.15) is 8.78 Å². The Bertz CT molecular complexity index is 927. The van der Waals surface area contributed by atoms with Crippen molar-refractivity contribution in [3.8, 4) is 5.75 Å². The van der Waals surface area contributed by atoms with Crippen molar-refractivity contribution in [1.82, 2.24) is 15.3 Å². The van der Waals surface area contributed by atoms with Crippen LogP contribution in [0.25, 0.3) is 11.0 Å². The van der Waals surface area contributed by atoms with Gasteiger partial charge in [-0.25, -0.2) is 18.2 Å². The average molecular weight is 371 g/mol. The van der Waals surface area contributed by atoms with Gasteiger partial charge in [0.25, 0.3) is 5.91 Å². The van der Waals surface area contributed by atoms with Crippen molar-refractivity contribution in [2.24, 2.45) is 0 Å². The molecule has 5 nitrogen and oxygen atoms in total. The second kappa shape index (κ2) is 6.98. The molecule has 2 N–H and O–H groups in total. The first-order valence-corrected chi connectivity index (χ1v) is 7.23. The second-order valence-electron chi connectivity index (χ2n) is 5.17. The summed E-state index contributed by atoms with van der Waals surface area (Å²) >= 11 is 0. The van der Waals surface area contributed by atoms with Gasteiger partial charge in [0.1, 0.15) is 5.82 Å². The minimum Gasteiger partial charge on any atom is -0.477 e. The van der Waals surface area contributed by atoms with Gasteiger partial charge in [0.05, 0.1) is 17.6 Å². The SMILES string of the molecule is O=C(COc1c(F)c(F)c(F)c(F)c1F)NCc1nc2ccccc2[nH]1. The molecule has 0 spiro atoms. The Kier molecular flexibility index (Phi) is 4.74. The van der Waals surface area contributed by atoms with Crippen LogP contribution >= 0.6 is 0 Å². The van der Waals surface area contributed by atoms with Gasteiger partial charge < -0.3 is 15.0 Å². The van der Waals surface area contributed by atoms with E-state index in [2.05, 4.69) is 20.0 Å². The summed E-state index contributed by atoms with van der Waals surface area (Å²) in [5.41, 5.74) is 1.42. The fourth-order valence-electron chi connectivity index (χ4n) is 2.17. The Labute approximate surface area is 142 Å². The van der Waals surface area contributed by atoms with E-state index in [9.17, 15) is 26.7 Å². The number of rotatable bonds is 5. The van der Waals surface area contributed by atoms with Crippen molar-refractivity contribution in [2.45, 2.75) is 6.54 Å². The number of amides is 1. The van der Waals surface area contributed by atoms with Crippen molar-refractivity contribution in [1.29, 1.82) is 0 Å². The molecule has 0 aliphatic rings. The highest BCUT2D eigenvalue weighted by Gasteiger charge is 2.27. The zero-order valence-electron chi connectivity index (χ0n) is 12.9. The lowest BCUT2D eigenvalue weighted by atomic mass is 10.2. The highest BCUT2D eigenvalue weighted by Crippen LogP contribution is 2.28. The van der Waals surface area contributed by atoms with Gasteiger partial charge in [0.2, 0.25) is 29.1 Å². The number of carbonyl (C=O) groups is 1. The lowest BCUT2D eigenvalue weighted by Crippen LogP contribution is -2.29. The van der Waals surface area contributed by atoms with Crippen molar-refractivity contribution >= 4 is 16.9 Å². The molecule has 0 bridgehead atoms. The maximum Gasteiger partial charge on any atom is 0.258 e. The monoisotopic (exact) mass is 371 g/mol. The van der Waals surface area contributed by atoms with Gasteiger partial charge in [-0.15, -0.1) is 0 Å². The first-order chi connectivity index (χ1) is 12.4. The van der Waals surface area contributed by atoms with Crippen LogP contribution in [-0.2, 0) is 11.3 Å². The fraction of sp³-hybridized carbons (Fsp3) is 0.125. The molecule has 1 heterocycles. The highest BCUT2D eigenvalue weighted by molar-refractivity contribution is 5.78. The summed E-state index contributed by atoms with van der Waals surface area (Å²) in [4.78, 5) is 18.8. The third-order valence-corrected chi connectivity index (χ3v) is 3.41. The van der Waals surface area contributed by atoms with E-state index in [1.165, 1.54) is 0 Å². The number of nitrogens with one attached hydrogen (secondary N) is 2. The number of ether oxygens (including phenoxy) is 1. The molecule has 0 aliphatic carbocycles. The molecule has 1 amide bonds. The quantitative estimate of drug-likeness (QED) is 0.412. The van der Waals surface area contributed by atoms with E-state index in [1.54, 1.807) is 24.3 Å². The summed E-state index contributed by atoms with van der Waals surface area (Å²) in [5.74, 6) is -12.8. The van der Waals surface area contributed by atoms with Crippen LogP contribution in [0.5, 0.6) is 5.75 Å². The Morgan fingerprint density at radius 2 is 1.62 bits per heavy atom. The molecule has 0 saturated heterocycles. The van der Waals surface area contributed by atoms with Gasteiger partial charge in [0.15, 0.2) is 12.4 Å². The van der Waals surface area contributed by atoms with Crippen LogP contribution in [0.1, 0.15) is 5.82 Å². The topological polar surface area (TPSA) is 67.0 Å². The normalized spacial score (nSPS) is 11.0. The van der Waals surface area contributed by atoms with E-state index in [0.29, 0.717) is 11.3 Å². The Morgan fingerprint density at radius 1 is 1.00 bits per heavy atom. The number of hydrogen-bond donors (Lipinski definition) is 2. The Hall–Kier alpha value is -3.17. The number of hydrogen-bond acceptors (Lipinski definition) is 3. The van der Waals surface area contributed by atoms with E-state index in [0.717, 1.165) is 5.52 Å². The van der Waals surface area contributed by atoms with Crippen LogP contribution in [-0.4, -0.2) is 22.5 Å². The molecule has 26 heavy (non-hydrogen) atoms. The summed E-state index contributed by atoms with van der Waals surface area (Å²) in [5, 5.41) is 2.35. The first-order valence-electron chi connectivity index (χ1n) is 7.23. The number of benzene rings is 2. The van der Waals surface area contributed by atoms with E-state index in [1.807, 2.05) is 0 Å². The predicted molar refractivity (Wildman–Crippen MR) is 79.7 cm³/mol. The van der Waals surface area contributed by atoms with Crippen LogP contribution in [0, 0.1) is 29.1 Å². The zero-order chi connectivity index (χ0) is 18.8. The maximum absolute atomic E-state index is 13.4. The van der Waals surface area contributed by atoms with Crippen molar-refractivity contribution in [2.75, 3.05) is 6.61 Å². The molecular formula is C16H10F5N3O2. The van der Waals surface area contributed by atoms with Gasteiger partial charge >= 0.3 is 0 Å². The summed E-state index contributed by atoms with van der Waals surface area (Å²) < 4.78 is 70.3. The number of carbonyl (C=O) groups excluding carboxylic acids is 1. The smallest absolute Gasteiger partial charge is 0.258 e. The lowest BCUT2D eigenvalue weighted by molar-refractivity contribution is -0.123. The molecule has 0 unspecified atom stereocenters. The van der Waals surface area contributed by atoms with Gasteiger partial charge in [-0.1, -0.05) is 12.1 Å². The third-order valence-electron chi connectivity index (χ3n) is 3.41. The summed E-state index contributed by atoms with van der Waals surface area (Å²) in [6.45, 7) is -0.993. The number of halogens is 5. The Morgan fingerprint density at radius 3 is 2.27 bits per heavy atom. The number of aromatic nitrogens is 2. The van der Waals surface area contributed by atoms with Gasteiger partial charge in [-0.3, -0.25) is 4.79 Å². The predicted octanol–water partition coefficient (Wildman–Crippen LogP) is 2.95. The molecule has 0 radical (unpaired) electrons. The molecule has 2 aromatic carbocycles. The number of aromatic amines is 1. The molecule has 0 saturated carbocycles. The Balaban J connectivity index is 1.62. The standard InChI is InChI=1S/C16H10F5N3O2/c17-11-12(18)14(20)16(15(21)13(11)19)26-6-10(25)22-5-9-23-7-3-1-2-4-8(7)24-9/h1-4H,5-6H2,(H,22,25)(H,23,24). The number of H-pyrrole nitrogens is 1. The minimum absolute atomic E-state index is 0.0476. The van der Waals surface area contributed by atoms with E-state index >= 15 is 0 Å². The largest absolute Gasteiger partial charge is 0.477 e. The number of para-hydroxylation sites is 2. The molecule has 0 atom stereocenters. The average Bonchev–Trinajstić information content (AvgIpc) is 3.06. The summed E-state index contributed by atoms with van der Waals surface area (Å²) in [6.07, 6.45) is 0. The molecule has 136 valence electrons. The fourth-order valence-corrected chi connectivity index (χ4v) is 2.17. The van der Waals surface area contributed by atoms with Crippen molar-refractivity contribution < 1.29 is 31.5 Å². The number of imidazole rings is 1. The van der Waals surface area contributed by atoms with Gasteiger partial charge in [0, 0.05) is 0 Å². The molecule has 1 aromatic heterocycles. The van der Waals surface area contributed by atoms with E-state index in [-0.39, 0.29) is 6.54 Å². The number of nitrogens with zero attached hydrogens (tertiary/aromatic N) is 1. The molecule has 0 aliphatic heterocycles. The van der Waals surface area contributed by atoms with E-state index in [4.69, 9.17) is 0 Å². The van der Waals surface area contributed by atoms with Crippen LogP contribution in [0.3, 0.4) is 0 Å². The molecule has 3 rings (SSSR count). The van der Waals surface area contributed by atoms with E-state index < -0.39 is 47.3 Å². The molecular weight excluding hydrogens is 361 g/mol. The van der Waals surface area contributed by atoms with Crippen LogP contribution < -0.4 is 10.1 Å². The van der Waals surface area contributed by atoms with Crippen LogP contribution in [0.15, 0.2) is 24.3 Å². The molecule has 3 aromatic rings. The van der Waals surface area contributed by atoms with Gasteiger partial charge in [-0.05, 0) is 12.1 Å². The summed E-state index contributed by atoms with van der Waals surface area (Å²) in [7, 11) is 0. The molecule has 0 fully saturated rings. The van der Waals surface area contributed by atoms with Crippen molar-refractivity contribution in [3.05, 3.63) is 59.2 Å². The minimum atomic E-state index is -2.30. The number of fused-ring (bicyclic) bond motifs is 1. The lowest BCUT2D eigenvalue weighted by Gasteiger charge is -2.10. The maximum atomic E-state index is 13.4. The van der Waals surface area contributed by atoms with Crippen LogP contribution in [0.4, 0.5) is 22.0 Å². The van der Waals surface area contributed by atoms with Crippen molar-refractivity contribution in [3.63, 3.8) is 0 Å². The third kappa shape index (κ3) is 3.30. The second-order valence-corrected chi connectivity index (χ2v) is 5.17. The molecule has 10 heteroatoms. The van der Waals surface area contributed by atoms with Crippen LogP contribution in [0.2, 0.25) is 0 Å². The summed E-state index contributed by atoms with van der Waals surface area (Å²) in [6, 6.07) is 7.10. The highest BCUT2D eigenvalue weighted by atomic mass is 19.2.